The highest BCUT2D eigenvalue weighted by atomic mass is 19.3. The molecule has 0 aliphatic carbocycles. The van der Waals surface area contributed by atoms with Gasteiger partial charge in [-0.1, -0.05) is 24.3 Å². The fourth-order valence-electron chi connectivity index (χ4n) is 2.20. The molecule has 0 amide bonds. The van der Waals surface area contributed by atoms with E-state index >= 15 is 0 Å². The van der Waals surface area contributed by atoms with E-state index in [4.69, 9.17) is 0 Å². The first-order valence-corrected chi connectivity index (χ1v) is 6.82. The molecule has 0 fully saturated rings. The van der Waals surface area contributed by atoms with Gasteiger partial charge in [-0.15, -0.1) is 0 Å². The lowest BCUT2D eigenvalue weighted by atomic mass is 10.1. The predicted octanol–water partition coefficient (Wildman–Crippen LogP) is 3.95. The van der Waals surface area contributed by atoms with Crippen LogP contribution in [0.3, 0.4) is 0 Å². The number of halogens is 2. The van der Waals surface area contributed by atoms with Crippen LogP contribution in [0.15, 0.2) is 60.9 Å². The molecule has 0 N–H and O–H groups in total. The topological polar surface area (TPSA) is 44.1 Å². The highest BCUT2D eigenvalue weighted by Gasteiger charge is 2.12. The molecule has 0 aliphatic heterocycles. The van der Waals surface area contributed by atoms with Crippen molar-refractivity contribution in [2.24, 2.45) is 0 Å². The average Bonchev–Trinajstić information content (AvgIpc) is 3.05. The molecule has 23 heavy (non-hydrogen) atoms. The number of benzene rings is 2. The third kappa shape index (κ3) is 3.26. The standard InChI is InChI=1S/C17H12F2N2O2/c18-17(19)23-16-8-12(6-7-13(16)11-22)14-9-20-21(10-14)15-4-2-1-3-5-15/h1-11,17H. The van der Waals surface area contributed by atoms with Gasteiger partial charge >= 0.3 is 6.61 Å². The minimum Gasteiger partial charge on any atom is -0.434 e. The smallest absolute Gasteiger partial charge is 0.387 e. The van der Waals surface area contributed by atoms with E-state index in [9.17, 15) is 13.6 Å². The summed E-state index contributed by atoms with van der Waals surface area (Å²) in [5.74, 6) is -0.153. The number of rotatable bonds is 5. The molecule has 3 aromatic rings. The van der Waals surface area contributed by atoms with Crippen molar-refractivity contribution >= 4 is 6.29 Å². The van der Waals surface area contributed by atoms with Crippen molar-refractivity contribution in [2.45, 2.75) is 6.61 Å². The molecular formula is C17H12F2N2O2. The minimum atomic E-state index is -2.99. The van der Waals surface area contributed by atoms with Gasteiger partial charge in [0.25, 0.3) is 0 Å². The number of nitrogens with zero attached hydrogens (tertiary/aromatic N) is 2. The van der Waals surface area contributed by atoms with E-state index in [1.807, 2.05) is 30.3 Å². The van der Waals surface area contributed by atoms with Crippen molar-refractivity contribution in [1.82, 2.24) is 9.78 Å². The first-order valence-electron chi connectivity index (χ1n) is 6.82. The van der Waals surface area contributed by atoms with E-state index in [1.54, 1.807) is 23.1 Å². The number of hydrogen-bond donors (Lipinski definition) is 0. The minimum absolute atomic E-state index is 0.0736. The highest BCUT2D eigenvalue weighted by molar-refractivity contribution is 5.81. The van der Waals surface area contributed by atoms with Crippen LogP contribution in [-0.2, 0) is 0 Å². The SMILES string of the molecule is O=Cc1ccc(-c2cnn(-c3ccccc3)c2)cc1OC(F)F. The van der Waals surface area contributed by atoms with Crippen LogP contribution in [0.5, 0.6) is 5.75 Å². The summed E-state index contributed by atoms with van der Waals surface area (Å²) in [5.41, 5.74) is 2.32. The number of ether oxygens (including phenoxy) is 1. The van der Waals surface area contributed by atoms with Gasteiger partial charge in [0.15, 0.2) is 6.29 Å². The molecule has 3 rings (SSSR count). The Bertz CT molecular complexity index is 816. The normalized spacial score (nSPS) is 10.7. The lowest BCUT2D eigenvalue weighted by Crippen LogP contribution is -2.04. The maximum absolute atomic E-state index is 12.4. The zero-order valence-electron chi connectivity index (χ0n) is 11.9. The zero-order chi connectivity index (χ0) is 16.2. The monoisotopic (exact) mass is 314 g/mol. The van der Waals surface area contributed by atoms with Crippen LogP contribution in [0.2, 0.25) is 0 Å². The second kappa shape index (κ2) is 6.39. The molecular weight excluding hydrogens is 302 g/mol. The molecule has 0 saturated carbocycles. The van der Waals surface area contributed by atoms with Crippen molar-refractivity contribution in [1.29, 1.82) is 0 Å². The Hall–Kier alpha value is -3.02. The Labute approximate surface area is 130 Å². The number of carbonyl (C=O) groups is 1. The number of para-hydroxylation sites is 1. The van der Waals surface area contributed by atoms with Crippen molar-refractivity contribution in [3.8, 4) is 22.6 Å². The van der Waals surface area contributed by atoms with Gasteiger partial charge in [-0.05, 0) is 29.8 Å². The summed E-state index contributed by atoms with van der Waals surface area (Å²) >= 11 is 0. The molecule has 0 saturated heterocycles. The maximum atomic E-state index is 12.4. The van der Waals surface area contributed by atoms with Crippen LogP contribution in [-0.4, -0.2) is 22.7 Å². The van der Waals surface area contributed by atoms with Gasteiger partial charge in [0.1, 0.15) is 5.75 Å². The Morgan fingerprint density at radius 3 is 2.57 bits per heavy atom. The Morgan fingerprint density at radius 2 is 1.87 bits per heavy atom. The number of alkyl halides is 2. The average molecular weight is 314 g/mol. The van der Waals surface area contributed by atoms with Gasteiger partial charge < -0.3 is 4.74 Å². The Balaban J connectivity index is 1.96. The molecule has 0 spiro atoms. The summed E-state index contributed by atoms with van der Waals surface area (Å²) in [5, 5.41) is 4.25. The second-order valence-electron chi connectivity index (χ2n) is 4.76. The third-order valence-electron chi connectivity index (χ3n) is 3.29. The fourth-order valence-corrected chi connectivity index (χ4v) is 2.20. The number of aldehydes is 1. The molecule has 4 nitrogen and oxygen atoms in total. The second-order valence-corrected chi connectivity index (χ2v) is 4.76. The molecule has 0 atom stereocenters. The highest BCUT2D eigenvalue weighted by Crippen LogP contribution is 2.28. The van der Waals surface area contributed by atoms with E-state index in [-0.39, 0.29) is 11.3 Å². The number of carbonyl (C=O) groups excluding carboxylic acids is 1. The summed E-state index contributed by atoms with van der Waals surface area (Å²) in [4.78, 5) is 10.9. The summed E-state index contributed by atoms with van der Waals surface area (Å²) in [7, 11) is 0. The third-order valence-corrected chi connectivity index (χ3v) is 3.29. The zero-order valence-corrected chi connectivity index (χ0v) is 11.9. The first-order chi connectivity index (χ1) is 11.2. The summed E-state index contributed by atoms with van der Waals surface area (Å²) in [6.45, 7) is -2.99. The van der Waals surface area contributed by atoms with E-state index in [1.165, 1.54) is 12.1 Å². The molecule has 0 bridgehead atoms. The molecule has 1 aromatic heterocycles. The molecule has 116 valence electrons. The van der Waals surface area contributed by atoms with Crippen molar-refractivity contribution in [3.05, 3.63) is 66.5 Å². The van der Waals surface area contributed by atoms with Crippen LogP contribution < -0.4 is 4.74 Å². The van der Waals surface area contributed by atoms with E-state index in [0.29, 0.717) is 11.8 Å². The van der Waals surface area contributed by atoms with Gasteiger partial charge in [0, 0.05) is 11.8 Å². The van der Waals surface area contributed by atoms with Crippen LogP contribution in [0.1, 0.15) is 10.4 Å². The largest absolute Gasteiger partial charge is 0.434 e. The molecule has 0 radical (unpaired) electrons. The van der Waals surface area contributed by atoms with Gasteiger partial charge in [-0.3, -0.25) is 4.79 Å². The summed E-state index contributed by atoms with van der Waals surface area (Å²) in [6.07, 6.45) is 3.88. The molecule has 0 unspecified atom stereocenters. The Kier molecular flexibility index (Phi) is 4.14. The quantitative estimate of drug-likeness (QED) is 0.670. The number of hydrogen-bond acceptors (Lipinski definition) is 3. The van der Waals surface area contributed by atoms with E-state index < -0.39 is 6.61 Å². The van der Waals surface area contributed by atoms with Gasteiger partial charge in [0.05, 0.1) is 17.4 Å². The van der Waals surface area contributed by atoms with Crippen LogP contribution >= 0.6 is 0 Å². The predicted molar refractivity (Wildman–Crippen MR) is 81.0 cm³/mol. The van der Waals surface area contributed by atoms with Crippen molar-refractivity contribution in [2.75, 3.05) is 0 Å². The van der Waals surface area contributed by atoms with E-state index in [2.05, 4.69) is 9.84 Å². The lowest BCUT2D eigenvalue weighted by Gasteiger charge is -2.08. The lowest BCUT2D eigenvalue weighted by molar-refractivity contribution is -0.0500. The summed E-state index contributed by atoms with van der Waals surface area (Å²) < 4.78 is 31.0. The first kappa shape index (κ1) is 14.9. The van der Waals surface area contributed by atoms with Crippen molar-refractivity contribution in [3.63, 3.8) is 0 Å². The van der Waals surface area contributed by atoms with Crippen LogP contribution in [0.25, 0.3) is 16.8 Å². The molecule has 1 heterocycles. The maximum Gasteiger partial charge on any atom is 0.387 e. The Morgan fingerprint density at radius 1 is 1.09 bits per heavy atom. The van der Waals surface area contributed by atoms with E-state index in [0.717, 1.165) is 11.3 Å². The molecule has 6 heteroatoms. The molecule has 2 aromatic carbocycles. The summed E-state index contributed by atoms with van der Waals surface area (Å²) in [6, 6.07) is 14.0. The van der Waals surface area contributed by atoms with Crippen molar-refractivity contribution < 1.29 is 18.3 Å². The van der Waals surface area contributed by atoms with Crippen LogP contribution in [0.4, 0.5) is 8.78 Å². The van der Waals surface area contributed by atoms with Gasteiger partial charge in [0.2, 0.25) is 0 Å². The van der Waals surface area contributed by atoms with Gasteiger partial charge in [-0.25, -0.2) is 4.68 Å². The molecule has 0 aliphatic rings. The van der Waals surface area contributed by atoms with Crippen LogP contribution in [0, 0.1) is 0 Å². The number of aromatic nitrogens is 2. The van der Waals surface area contributed by atoms with Gasteiger partial charge in [-0.2, -0.15) is 13.9 Å². The fraction of sp³-hybridized carbons (Fsp3) is 0.0588.